The van der Waals surface area contributed by atoms with Gasteiger partial charge in [0.25, 0.3) is 0 Å². The largest absolute Gasteiger partial charge is 0.368 e. The fourth-order valence-corrected chi connectivity index (χ4v) is 3.58. The van der Waals surface area contributed by atoms with Crippen LogP contribution in [0.25, 0.3) is 0 Å². The summed E-state index contributed by atoms with van der Waals surface area (Å²) in [4.78, 5) is 31.5. The molecule has 1 saturated heterocycles. The maximum absolute atomic E-state index is 11.7. The molecule has 1 fully saturated rings. The van der Waals surface area contributed by atoms with E-state index in [0.29, 0.717) is 17.5 Å². The first kappa shape index (κ1) is 19.5. The van der Waals surface area contributed by atoms with Gasteiger partial charge in [-0.15, -0.1) is 22.7 Å². The molecule has 1 atom stereocenters. The molecular weight excluding hydrogens is 358 g/mol. The predicted molar refractivity (Wildman–Crippen MR) is 101 cm³/mol. The van der Waals surface area contributed by atoms with E-state index in [2.05, 4.69) is 34.4 Å². The third kappa shape index (κ3) is 6.52. The molecule has 136 valence electrons. The van der Waals surface area contributed by atoms with E-state index in [1.165, 1.54) is 27.6 Å². The van der Waals surface area contributed by atoms with Gasteiger partial charge in [-0.05, 0) is 25.3 Å². The number of aromatic nitrogens is 2. The van der Waals surface area contributed by atoms with Crippen molar-refractivity contribution in [2.45, 2.75) is 45.1 Å². The average Bonchev–Trinajstić information content (AvgIpc) is 3.30. The summed E-state index contributed by atoms with van der Waals surface area (Å²) in [6.45, 7) is 5.15. The molecule has 2 aromatic heterocycles. The van der Waals surface area contributed by atoms with Crippen molar-refractivity contribution >= 4 is 39.6 Å². The normalized spacial score (nSPS) is 16.4. The highest BCUT2D eigenvalue weighted by Crippen LogP contribution is 2.25. The first-order chi connectivity index (χ1) is 12.0. The van der Waals surface area contributed by atoms with Crippen molar-refractivity contribution in [1.29, 1.82) is 0 Å². The van der Waals surface area contributed by atoms with Crippen molar-refractivity contribution < 1.29 is 9.59 Å². The standard InChI is InChI=1S/C11H13N3OS2.C5H10N2O/c1-7(2)9-4-12-11(17-9)14-10(15)3-8-5-16-6-13-8;6-5(8)4-2-1-3-7-4/h4-7H,3H2,1-2H3,(H,12,14,15);4,7H,1-3H2,(H2,6,8). The van der Waals surface area contributed by atoms with Crippen molar-refractivity contribution in [3.63, 3.8) is 0 Å². The predicted octanol–water partition coefficient (Wildman–Crippen LogP) is 2.13. The molecule has 0 aliphatic carbocycles. The highest BCUT2D eigenvalue weighted by molar-refractivity contribution is 7.15. The number of nitrogens with zero attached hydrogens (tertiary/aromatic N) is 2. The lowest BCUT2D eigenvalue weighted by Gasteiger charge is -2.01. The van der Waals surface area contributed by atoms with Gasteiger partial charge in [0.2, 0.25) is 11.8 Å². The van der Waals surface area contributed by atoms with Gasteiger partial charge >= 0.3 is 0 Å². The number of nitrogens with one attached hydrogen (secondary N) is 2. The van der Waals surface area contributed by atoms with Crippen molar-refractivity contribution in [2.24, 2.45) is 5.73 Å². The van der Waals surface area contributed by atoms with Crippen LogP contribution < -0.4 is 16.4 Å². The molecule has 9 heteroatoms. The molecule has 0 aromatic carbocycles. The molecule has 3 rings (SSSR count). The van der Waals surface area contributed by atoms with Gasteiger partial charge in [0.1, 0.15) is 0 Å². The van der Waals surface area contributed by atoms with E-state index in [0.717, 1.165) is 25.1 Å². The van der Waals surface area contributed by atoms with Gasteiger partial charge in [-0.1, -0.05) is 13.8 Å². The number of amides is 2. The van der Waals surface area contributed by atoms with Crippen LogP contribution in [-0.2, 0) is 16.0 Å². The maximum Gasteiger partial charge on any atom is 0.234 e. The van der Waals surface area contributed by atoms with Crippen LogP contribution in [0, 0.1) is 0 Å². The Bertz CT molecular complexity index is 679. The van der Waals surface area contributed by atoms with E-state index in [9.17, 15) is 9.59 Å². The Labute approximate surface area is 155 Å². The van der Waals surface area contributed by atoms with E-state index in [1.807, 2.05) is 11.6 Å². The van der Waals surface area contributed by atoms with Gasteiger partial charge in [-0.2, -0.15) is 0 Å². The molecule has 1 aliphatic heterocycles. The van der Waals surface area contributed by atoms with Crippen molar-refractivity contribution in [1.82, 2.24) is 15.3 Å². The van der Waals surface area contributed by atoms with Crippen LogP contribution in [-0.4, -0.2) is 34.4 Å². The molecule has 1 aliphatic rings. The fourth-order valence-electron chi connectivity index (χ4n) is 2.19. The second-order valence-corrected chi connectivity index (χ2v) is 7.76. The van der Waals surface area contributed by atoms with Crippen LogP contribution >= 0.6 is 22.7 Å². The number of carbonyl (C=O) groups is 2. The van der Waals surface area contributed by atoms with Gasteiger partial charge < -0.3 is 16.4 Å². The first-order valence-corrected chi connectivity index (χ1v) is 9.87. The molecule has 25 heavy (non-hydrogen) atoms. The summed E-state index contributed by atoms with van der Waals surface area (Å²) in [6, 6.07) is -0.0463. The van der Waals surface area contributed by atoms with Crippen molar-refractivity contribution in [2.75, 3.05) is 11.9 Å². The van der Waals surface area contributed by atoms with Crippen LogP contribution in [0.4, 0.5) is 5.13 Å². The Balaban J connectivity index is 0.000000236. The molecule has 0 radical (unpaired) electrons. The van der Waals surface area contributed by atoms with E-state index >= 15 is 0 Å². The number of primary amides is 1. The molecule has 7 nitrogen and oxygen atoms in total. The zero-order chi connectivity index (χ0) is 18.2. The molecule has 1 unspecified atom stereocenters. The van der Waals surface area contributed by atoms with Crippen molar-refractivity contribution in [3.05, 3.63) is 27.7 Å². The number of hydrogen-bond acceptors (Lipinski definition) is 7. The SMILES string of the molecule is CC(C)c1cnc(NC(=O)Cc2cscn2)s1.NC(=O)C1CCCN1. The maximum atomic E-state index is 11.7. The Morgan fingerprint density at radius 1 is 1.44 bits per heavy atom. The molecule has 0 saturated carbocycles. The molecular formula is C16H23N5O2S2. The second-order valence-electron chi connectivity index (χ2n) is 5.98. The highest BCUT2D eigenvalue weighted by Gasteiger charge is 2.18. The molecule has 2 amide bonds. The van der Waals surface area contributed by atoms with Crippen LogP contribution in [0.15, 0.2) is 17.1 Å². The van der Waals surface area contributed by atoms with Crippen LogP contribution in [0.3, 0.4) is 0 Å². The Morgan fingerprint density at radius 3 is 2.72 bits per heavy atom. The summed E-state index contributed by atoms with van der Waals surface area (Å²) in [7, 11) is 0. The molecule has 0 spiro atoms. The Hall–Kier alpha value is -1.84. The zero-order valence-electron chi connectivity index (χ0n) is 14.3. The summed E-state index contributed by atoms with van der Waals surface area (Å²) in [5, 5.41) is 8.31. The molecule has 3 heterocycles. The monoisotopic (exact) mass is 381 g/mol. The van der Waals surface area contributed by atoms with Gasteiger partial charge in [0, 0.05) is 16.5 Å². The lowest BCUT2D eigenvalue weighted by atomic mass is 10.2. The number of thiazole rings is 2. The molecule has 4 N–H and O–H groups in total. The number of carbonyl (C=O) groups excluding carboxylic acids is 2. The van der Waals surface area contributed by atoms with Crippen LogP contribution in [0.2, 0.25) is 0 Å². The number of rotatable bonds is 5. The summed E-state index contributed by atoms with van der Waals surface area (Å²) < 4.78 is 0. The first-order valence-electron chi connectivity index (χ1n) is 8.11. The second kappa shape index (κ2) is 9.59. The van der Waals surface area contributed by atoms with E-state index in [-0.39, 0.29) is 17.9 Å². The Morgan fingerprint density at radius 2 is 2.24 bits per heavy atom. The lowest BCUT2D eigenvalue weighted by Crippen LogP contribution is -2.36. The zero-order valence-corrected chi connectivity index (χ0v) is 16.0. The number of hydrogen-bond donors (Lipinski definition) is 3. The van der Waals surface area contributed by atoms with Gasteiger partial charge in [0.15, 0.2) is 5.13 Å². The van der Waals surface area contributed by atoms with E-state index < -0.39 is 0 Å². The number of anilines is 1. The lowest BCUT2D eigenvalue weighted by molar-refractivity contribution is -0.119. The van der Waals surface area contributed by atoms with E-state index in [1.54, 1.807) is 5.51 Å². The van der Waals surface area contributed by atoms with Gasteiger partial charge in [0.05, 0.1) is 23.7 Å². The Kier molecular flexibility index (Phi) is 7.48. The minimum absolute atomic E-state index is 0.0463. The van der Waals surface area contributed by atoms with Gasteiger partial charge in [-0.3, -0.25) is 9.59 Å². The summed E-state index contributed by atoms with van der Waals surface area (Å²) in [5.41, 5.74) is 7.52. The van der Waals surface area contributed by atoms with Crippen molar-refractivity contribution in [3.8, 4) is 0 Å². The third-order valence-corrected chi connectivity index (χ3v) is 5.42. The quantitative estimate of drug-likeness (QED) is 0.735. The fraction of sp³-hybridized carbons (Fsp3) is 0.500. The minimum Gasteiger partial charge on any atom is -0.368 e. The summed E-state index contributed by atoms with van der Waals surface area (Å²) in [6.07, 6.45) is 4.11. The van der Waals surface area contributed by atoms with Crippen LogP contribution in [0.1, 0.15) is 43.2 Å². The summed E-state index contributed by atoms with van der Waals surface area (Å²) in [5.74, 6) is 0.153. The smallest absolute Gasteiger partial charge is 0.234 e. The third-order valence-electron chi connectivity index (χ3n) is 3.57. The molecule has 0 bridgehead atoms. The van der Waals surface area contributed by atoms with Crippen LogP contribution in [0.5, 0.6) is 0 Å². The van der Waals surface area contributed by atoms with E-state index in [4.69, 9.17) is 5.73 Å². The number of nitrogens with two attached hydrogens (primary N) is 1. The summed E-state index contributed by atoms with van der Waals surface area (Å²) >= 11 is 3.01. The molecule has 2 aromatic rings. The highest BCUT2D eigenvalue weighted by atomic mass is 32.1. The average molecular weight is 382 g/mol. The topological polar surface area (TPSA) is 110 Å². The minimum atomic E-state index is -0.220. The van der Waals surface area contributed by atoms with Gasteiger partial charge in [-0.25, -0.2) is 9.97 Å².